The van der Waals surface area contributed by atoms with E-state index in [0.29, 0.717) is 40.9 Å². The van der Waals surface area contributed by atoms with Crippen LogP contribution in [0.1, 0.15) is 30.1 Å². The van der Waals surface area contributed by atoms with E-state index in [2.05, 4.69) is 10.1 Å². The highest BCUT2D eigenvalue weighted by Crippen LogP contribution is 2.40. The topological polar surface area (TPSA) is 130 Å². The molecule has 0 atom stereocenters. The van der Waals surface area contributed by atoms with Crippen LogP contribution >= 0.6 is 0 Å². The molecule has 2 aromatic carbocycles. The number of rotatable bonds is 10. The third-order valence-corrected chi connectivity index (χ3v) is 5.15. The van der Waals surface area contributed by atoms with Crippen molar-refractivity contribution in [3.8, 4) is 28.6 Å². The fraction of sp³-hybridized carbons (Fsp3) is 0.348. The number of nitrogens with zero attached hydrogens (tertiary/aromatic N) is 4. The number of non-ortho nitro benzene ring substituents is 1. The Morgan fingerprint density at radius 1 is 1.12 bits per heavy atom. The van der Waals surface area contributed by atoms with Crippen LogP contribution in [0.15, 0.2) is 40.9 Å². The molecule has 0 bridgehead atoms. The largest absolute Gasteiger partial charge is 0.493 e. The second kappa shape index (κ2) is 10.6. The van der Waals surface area contributed by atoms with Gasteiger partial charge in [-0.3, -0.25) is 14.9 Å². The molecule has 1 heterocycles. The van der Waals surface area contributed by atoms with Crippen LogP contribution in [0.5, 0.6) is 17.2 Å². The van der Waals surface area contributed by atoms with Crippen molar-refractivity contribution in [1.82, 2.24) is 15.0 Å². The quantitative estimate of drug-likeness (QED) is 0.321. The summed E-state index contributed by atoms with van der Waals surface area (Å²) in [7, 11) is 4.55. The first-order valence-corrected chi connectivity index (χ1v) is 10.5. The maximum atomic E-state index is 13.0. The summed E-state index contributed by atoms with van der Waals surface area (Å²) in [6.45, 7) is 4.02. The second-order valence-electron chi connectivity index (χ2n) is 7.58. The van der Waals surface area contributed by atoms with Gasteiger partial charge in [0.25, 0.3) is 11.6 Å². The minimum absolute atomic E-state index is 0.138. The Morgan fingerprint density at radius 2 is 1.79 bits per heavy atom. The fourth-order valence-electron chi connectivity index (χ4n) is 3.41. The van der Waals surface area contributed by atoms with Gasteiger partial charge in [-0.05, 0) is 32.0 Å². The van der Waals surface area contributed by atoms with Gasteiger partial charge in [0.2, 0.25) is 17.5 Å². The molecule has 11 nitrogen and oxygen atoms in total. The highest BCUT2D eigenvalue weighted by molar-refractivity contribution is 5.95. The molecule has 0 aliphatic rings. The normalized spacial score (nSPS) is 10.8. The van der Waals surface area contributed by atoms with Crippen LogP contribution in [0, 0.1) is 10.1 Å². The van der Waals surface area contributed by atoms with Crippen LogP contribution in [-0.4, -0.2) is 59.8 Å². The van der Waals surface area contributed by atoms with Gasteiger partial charge in [-0.2, -0.15) is 4.98 Å². The van der Waals surface area contributed by atoms with E-state index in [0.717, 1.165) is 0 Å². The number of aromatic nitrogens is 2. The first kappa shape index (κ1) is 24.5. The van der Waals surface area contributed by atoms with Gasteiger partial charge in [-0.1, -0.05) is 11.2 Å². The van der Waals surface area contributed by atoms with Crippen molar-refractivity contribution in [2.45, 2.75) is 26.3 Å². The monoisotopic (exact) mass is 470 g/mol. The molecule has 0 fully saturated rings. The van der Waals surface area contributed by atoms with Gasteiger partial charge >= 0.3 is 0 Å². The van der Waals surface area contributed by atoms with Gasteiger partial charge in [-0.25, -0.2) is 0 Å². The molecule has 34 heavy (non-hydrogen) atoms. The number of hydrogen-bond donors (Lipinski definition) is 0. The standard InChI is InChI=1S/C23H26N4O7/c1-14(2)26(23(28)15-7-6-8-17(11-15)27(29)30)10-9-20-24-22(25-34-20)16-12-18(31-3)21(33-5)19(13-16)32-4/h6-8,11-14H,9-10H2,1-5H3. The number of carbonyl (C=O) groups excluding carboxylic acids is 1. The van der Waals surface area contributed by atoms with Crippen LogP contribution in [0.25, 0.3) is 11.4 Å². The maximum absolute atomic E-state index is 13.0. The molecule has 0 unspecified atom stereocenters. The fourth-order valence-corrected chi connectivity index (χ4v) is 3.41. The molecule has 0 saturated heterocycles. The number of hydrogen-bond acceptors (Lipinski definition) is 9. The SMILES string of the molecule is COc1cc(-c2noc(CCN(C(=O)c3cccc([N+](=O)[O-])c3)C(C)C)n2)cc(OC)c1OC. The highest BCUT2D eigenvalue weighted by Gasteiger charge is 2.22. The molecule has 180 valence electrons. The molecule has 0 radical (unpaired) electrons. The number of nitro benzene ring substituents is 1. The predicted octanol–water partition coefficient (Wildman–Crippen LogP) is 3.76. The van der Waals surface area contributed by atoms with E-state index in [1.165, 1.54) is 39.5 Å². The lowest BCUT2D eigenvalue weighted by Crippen LogP contribution is -2.38. The van der Waals surface area contributed by atoms with E-state index in [4.69, 9.17) is 18.7 Å². The average molecular weight is 470 g/mol. The summed E-state index contributed by atoms with van der Waals surface area (Å²) in [5, 5.41) is 15.1. The lowest BCUT2D eigenvalue weighted by atomic mass is 10.1. The summed E-state index contributed by atoms with van der Waals surface area (Å²) < 4.78 is 21.5. The zero-order chi connectivity index (χ0) is 24.8. The van der Waals surface area contributed by atoms with Gasteiger partial charge in [0.1, 0.15) is 0 Å². The predicted molar refractivity (Wildman–Crippen MR) is 122 cm³/mol. The second-order valence-corrected chi connectivity index (χ2v) is 7.58. The van der Waals surface area contributed by atoms with Gasteiger partial charge < -0.3 is 23.6 Å². The number of ether oxygens (including phenoxy) is 3. The third-order valence-electron chi connectivity index (χ3n) is 5.15. The molecule has 3 aromatic rings. The highest BCUT2D eigenvalue weighted by atomic mass is 16.6. The van der Waals surface area contributed by atoms with Crippen molar-refractivity contribution in [2.24, 2.45) is 0 Å². The third kappa shape index (κ3) is 5.25. The zero-order valence-corrected chi connectivity index (χ0v) is 19.6. The Kier molecular flexibility index (Phi) is 7.67. The summed E-state index contributed by atoms with van der Waals surface area (Å²) in [6, 6.07) is 8.94. The lowest BCUT2D eigenvalue weighted by Gasteiger charge is -2.26. The molecular formula is C23H26N4O7. The molecule has 0 saturated carbocycles. The van der Waals surface area contributed by atoms with Crippen LogP contribution < -0.4 is 14.2 Å². The van der Waals surface area contributed by atoms with Crippen LogP contribution in [0.2, 0.25) is 0 Å². The summed E-state index contributed by atoms with van der Waals surface area (Å²) in [5.74, 6) is 1.71. The van der Waals surface area contributed by atoms with Crippen molar-refractivity contribution >= 4 is 11.6 Å². The average Bonchev–Trinajstić information content (AvgIpc) is 3.31. The molecule has 0 aliphatic carbocycles. The molecule has 0 N–H and O–H groups in total. The van der Waals surface area contributed by atoms with Gasteiger partial charge in [-0.15, -0.1) is 0 Å². The molecule has 3 rings (SSSR count). The molecule has 11 heteroatoms. The van der Waals surface area contributed by atoms with E-state index in [1.807, 2.05) is 13.8 Å². The van der Waals surface area contributed by atoms with Crippen molar-refractivity contribution in [1.29, 1.82) is 0 Å². The summed E-state index contributed by atoms with van der Waals surface area (Å²) in [4.78, 5) is 29.6. The Labute approximate surface area is 196 Å². The molecule has 1 aromatic heterocycles. The van der Waals surface area contributed by atoms with E-state index in [1.54, 1.807) is 23.1 Å². The summed E-state index contributed by atoms with van der Waals surface area (Å²) in [5.41, 5.74) is 0.714. The zero-order valence-electron chi connectivity index (χ0n) is 19.6. The molecule has 0 aliphatic heterocycles. The van der Waals surface area contributed by atoms with Gasteiger partial charge in [0.15, 0.2) is 11.5 Å². The Hall–Kier alpha value is -4.15. The first-order chi connectivity index (χ1) is 16.3. The van der Waals surface area contributed by atoms with E-state index < -0.39 is 4.92 Å². The number of benzene rings is 2. The number of amides is 1. The lowest BCUT2D eigenvalue weighted by molar-refractivity contribution is -0.384. The Bertz CT molecular complexity index is 1150. The molecule has 0 spiro atoms. The van der Waals surface area contributed by atoms with Crippen molar-refractivity contribution < 1.29 is 28.5 Å². The number of nitro groups is 1. The van der Waals surface area contributed by atoms with Crippen LogP contribution in [0.4, 0.5) is 5.69 Å². The smallest absolute Gasteiger partial charge is 0.270 e. The molecular weight excluding hydrogens is 444 g/mol. The van der Waals surface area contributed by atoms with Crippen molar-refractivity contribution in [2.75, 3.05) is 27.9 Å². The van der Waals surface area contributed by atoms with Crippen molar-refractivity contribution in [3.63, 3.8) is 0 Å². The first-order valence-electron chi connectivity index (χ1n) is 10.5. The summed E-state index contributed by atoms with van der Waals surface area (Å²) in [6.07, 6.45) is 0.302. The summed E-state index contributed by atoms with van der Waals surface area (Å²) >= 11 is 0. The van der Waals surface area contributed by atoms with Gasteiger partial charge in [0, 0.05) is 42.3 Å². The van der Waals surface area contributed by atoms with Crippen molar-refractivity contribution in [3.05, 3.63) is 58.0 Å². The number of methoxy groups -OCH3 is 3. The van der Waals surface area contributed by atoms with E-state index in [-0.39, 0.29) is 29.7 Å². The Morgan fingerprint density at radius 3 is 2.35 bits per heavy atom. The maximum Gasteiger partial charge on any atom is 0.270 e. The molecule has 1 amide bonds. The number of carbonyl (C=O) groups is 1. The van der Waals surface area contributed by atoms with E-state index >= 15 is 0 Å². The Balaban J connectivity index is 1.78. The minimum Gasteiger partial charge on any atom is -0.493 e. The van der Waals surface area contributed by atoms with E-state index in [9.17, 15) is 14.9 Å². The van der Waals surface area contributed by atoms with Crippen LogP contribution in [0.3, 0.4) is 0 Å². The van der Waals surface area contributed by atoms with Crippen LogP contribution in [-0.2, 0) is 6.42 Å². The minimum atomic E-state index is -0.528. The van der Waals surface area contributed by atoms with Gasteiger partial charge in [0.05, 0.1) is 26.3 Å².